The second-order valence-corrected chi connectivity index (χ2v) is 2.39. The average molecular weight is 156 g/mol. The first-order valence-electron chi connectivity index (χ1n) is 4.56. The van der Waals surface area contributed by atoms with E-state index >= 15 is 0 Å². The quantitative estimate of drug-likeness (QED) is 0.609. The summed E-state index contributed by atoms with van der Waals surface area (Å²) in [5.74, 6) is 0. The van der Waals surface area contributed by atoms with Gasteiger partial charge in [-0.05, 0) is 19.3 Å². The molecule has 1 saturated heterocycles. The largest absolute Gasteiger partial charge is 0.401 e. The van der Waals surface area contributed by atoms with Crippen molar-refractivity contribution in [2.24, 2.45) is 5.73 Å². The Morgan fingerprint density at radius 3 is 2.55 bits per heavy atom. The lowest BCUT2D eigenvalue weighted by atomic mass is 10.2. The summed E-state index contributed by atoms with van der Waals surface area (Å²) in [4.78, 5) is 0. The topological polar surface area (TPSA) is 38.0 Å². The molecule has 0 unspecified atom stereocenters. The van der Waals surface area contributed by atoms with Gasteiger partial charge in [-0.15, -0.1) is 0 Å². The van der Waals surface area contributed by atoms with Crippen molar-refractivity contribution in [1.29, 1.82) is 0 Å². The van der Waals surface area contributed by atoms with Crippen LogP contribution in [0.2, 0.25) is 0 Å². The summed E-state index contributed by atoms with van der Waals surface area (Å²) in [6.45, 7) is 7.19. The standard InChI is InChI=1S/C7H14N2.C2H6/c1-2-6(8)7-4-3-5-9-7;1-2/h9H,2-5,8H2,1H3;1-2H3/b7-6-;. The number of hydrogen-bond donors (Lipinski definition) is 2. The van der Waals surface area contributed by atoms with E-state index in [0.717, 1.165) is 25.1 Å². The Kier molecular flexibility index (Phi) is 5.71. The molecule has 0 atom stereocenters. The van der Waals surface area contributed by atoms with Crippen LogP contribution in [0.25, 0.3) is 0 Å². The Balaban J connectivity index is 0.000000461. The van der Waals surface area contributed by atoms with Crippen LogP contribution in [-0.2, 0) is 0 Å². The zero-order valence-electron chi connectivity index (χ0n) is 7.91. The molecule has 0 amide bonds. The zero-order chi connectivity index (χ0) is 8.69. The van der Waals surface area contributed by atoms with Gasteiger partial charge in [-0.1, -0.05) is 20.8 Å². The summed E-state index contributed by atoms with van der Waals surface area (Å²) in [5.41, 5.74) is 8.01. The first kappa shape index (κ1) is 10.3. The molecule has 0 saturated carbocycles. The highest BCUT2D eigenvalue weighted by atomic mass is 14.9. The van der Waals surface area contributed by atoms with Gasteiger partial charge >= 0.3 is 0 Å². The predicted molar refractivity (Wildman–Crippen MR) is 50.1 cm³/mol. The van der Waals surface area contributed by atoms with Crippen LogP contribution in [0.1, 0.15) is 40.0 Å². The van der Waals surface area contributed by atoms with Gasteiger partial charge in [0.1, 0.15) is 0 Å². The van der Waals surface area contributed by atoms with Gasteiger partial charge in [-0.25, -0.2) is 0 Å². The smallest absolute Gasteiger partial charge is 0.0298 e. The van der Waals surface area contributed by atoms with Gasteiger partial charge in [-0.2, -0.15) is 0 Å². The third kappa shape index (κ3) is 3.30. The molecule has 1 fully saturated rings. The van der Waals surface area contributed by atoms with Crippen molar-refractivity contribution in [2.75, 3.05) is 6.54 Å². The molecular formula is C9H20N2. The van der Waals surface area contributed by atoms with Gasteiger partial charge in [0.2, 0.25) is 0 Å². The third-order valence-corrected chi connectivity index (χ3v) is 1.71. The Labute approximate surface area is 69.9 Å². The van der Waals surface area contributed by atoms with Crippen LogP contribution in [-0.4, -0.2) is 6.54 Å². The van der Waals surface area contributed by atoms with E-state index in [9.17, 15) is 0 Å². The molecule has 0 aromatic heterocycles. The van der Waals surface area contributed by atoms with Crippen LogP contribution >= 0.6 is 0 Å². The molecule has 66 valence electrons. The van der Waals surface area contributed by atoms with Gasteiger partial charge in [0.25, 0.3) is 0 Å². The predicted octanol–water partition coefficient (Wildman–Crippen LogP) is 1.98. The molecule has 0 aliphatic carbocycles. The molecule has 0 radical (unpaired) electrons. The highest BCUT2D eigenvalue weighted by Gasteiger charge is 2.07. The molecule has 2 nitrogen and oxygen atoms in total. The maximum Gasteiger partial charge on any atom is 0.0298 e. The Morgan fingerprint density at radius 1 is 1.55 bits per heavy atom. The van der Waals surface area contributed by atoms with Gasteiger partial charge in [0, 0.05) is 17.9 Å². The summed E-state index contributed by atoms with van der Waals surface area (Å²) in [7, 11) is 0. The van der Waals surface area contributed by atoms with Crippen molar-refractivity contribution in [3.63, 3.8) is 0 Å². The zero-order valence-corrected chi connectivity index (χ0v) is 7.91. The van der Waals surface area contributed by atoms with Crippen LogP contribution in [0.15, 0.2) is 11.4 Å². The van der Waals surface area contributed by atoms with Gasteiger partial charge in [0.05, 0.1) is 0 Å². The molecule has 3 N–H and O–H groups in total. The monoisotopic (exact) mass is 156 g/mol. The molecule has 2 heteroatoms. The van der Waals surface area contributed by atoms with Crippen molar-refractivity contribution in [1.82, 2.24) is 5.32 Å². The van der Waals surface area contributed by atoms with Crippen LogP contribution < -0.4 is 11.1 Å². The van der Waals surface area contributed by atoms with Crippen molar-refractivity contribution in [3.8, 4) is 0 Å². The first-order valence-corrected chi connectivity index (χ1v) is 4.56. The van der Waals surface area contributed by atoms with E-state index in [2.05, 4.69) is 12.2 Å². The van der Waals surface area contributed by atoms with Crippen molar-refractivity contribution in [2.45, 2.75) is 40.0 Å². The molecule has 0 bridgehead atoms. The van der Waals surface area contributed by atoms with E-state index in [0.29, 0.717) is 0 Å². The summed E-state index contributed by atoms with van der Waals surface area (Å²) in [6, 6.07) is 0. The number of nitrogens with two attached hydrogens (primary N) is 1. The third-order valence-electron chi connectivity index (χ3n) is 1.71. The molecule has 0 spiro atoms. The van der Waals surface area contributed by atoms with Gasteiger partial charge in [0.15, 0.2) is 0 Å². The highest BCUT2D eigenvalue weighted by Crippen LogP contribution is 2.12. The maximum atomic E-state index is 5.70. The van der Waals surface area contributed by atoms with E-state index in [-0.39, 0.29) is 0 Å². The number of hydrogen-bond acceptors (Lipinski definition) is 2. The Hall–Kier alpha value is -0.660. The lowest BCUT2D eigenvalue weighted by molar-refractivity contribution is 0.888. The second kappa shape index (κ2) is 6.08. The molecule has 0 aromatic carbocycles. The number of allylic oxidation sites excluding steroid dienone is 2. The van der Waals surface area contributed by atoms with Crippen molar-refractivity contribution in [3.05, 3.63) is 11.4 Å². The van der Waals surface area contributed by atoms with E-state index in [1.54, 1.807) is 0 Å². The normalized spacial score (nSPS) is 19.9. The first-order chi connectivity index (χ1) is 5.34. The minimum Gasteiger partial charge on any atom is -0.401 e. The summed E-state index contributed by atoms with van der Waals surface area (Å²) in [6.07, 6.45) is 3.37. The molecule has 1 aliphatic rings. The average Bonchev–Trinajstić information content (AvgIpc) is 2.59. The molecule has 1 rings (SSSR count). The minimum absolute atomic E-state index is 0.975. The summed E-state index contributed by atoms with van der Waals surface area (Å²) >= 11 is 0. The fourth-order valence-corrected chi connectivity index (χ4v) is 1.08. The Morgan fingerprint density at radius 2 is 2.18 bits per heavy atom. The van der Waals surface area contributed by atoms with Crippen LogP contribution in [0, 0.1) is 0 Å². The van der Waals surface area contributed by atoms with Gasteiger partial charge < -0.3 is 11.1 Å². The van der Waals surface area contributed by atoms with Crippen LogP contribution in [0.4, 0.5) is 0 Å². The molecule has 1 heterocycles. The van der Waals surface area contributed by atoms with E-state index in [1.807, 2.05) is 13.8 Å². The van der Waals surface area contributed by atoms with E-state index < -0.39 is 0 Å². The second-order valence-electron chi connectivity index (χ2n) is 2.39. The lowest BCUT2D eigenvalue weighted by Crippen LogP contribution is -2.10. The maximum absolute atomic E-state index is 5.70. The van der Waals surface area contributed by atoms with Crippen LogP contribution in [0.3, 0.4) is 0 Å². The fourth-order valence-electron chi connectivity index (χ4n) is 1.08. The van der Waals surface area contributed by atoms with Gasteiger partial charge in [-0.3, -0.25) is 0 Å². The van der Waals surface area contributed by atoms with Crippen molar-refractivity contribution >= 4 is 0 Å². The lowest BCUT2D eigenvalue weighted by Gasteiger charge is -2.02. The fraction of sp³-hybridized carbons (Fsp3) is 0.778. The Bertz CT molecular complexity index is 120. The van der Waals surface area contributed by atoms with Crippen molar-refractivity contribution < 1.29 is 0 Å². The number of nitrogens with one attached hydrogen (secondary N) is 1. The summed E-state index contributed by atoms with van der Waals surface area (Å²) < 4.78 is 0. The van der Waals surface area contributed by atoms with Crippen LogP contribution in [0.5, 0.6) is 0 Å². The van der Waals surface area contributed by atoms with E-state index in [4.69, 9.17) is 5.73 Å². The SMILES string of the molecule is CC.CC/C(N)=C1\CCCN1. The molecule has 0 aromatic rings. The number of rotatable bonds is 1. The molecule has 11 heavy (non-hydrogen) atoms. The van der Waals surface area contributed by atoms with E-state index in [1.165, 1.54) is 12.1 Å². The summed E-state index contributed by atoms with van der Waals surface area (Å²) in [5, 5.41) is 3.26. The molecular weight excluding hydrogens is 136 g/mol. The molecule has 1 aliphatic heterocycles. The highest BCUT2D eigenvalue weighted by molar-refractivity contribution is 5.11. The minimum atomic E-state index is 0.975.